The number of fused-ring (bicyclic) bond motifs is 3. The van der Waals surface area contributed by atoms with Crippen LogP contribution in [0.5, 0.6) is 0 Å². The van der Waals surface area contributed by atoms with Gasteiger partial charge in [0.25, 0.3) is 0 Å². The lowest BCUT2D eigenvalue weighted by molar-refractivity contribution is -0.124. The minimum atomic E-state index is -0.567. The number of aryl methyl sites for hydroxylation is 2. The van der Waals surface area contributed by atoms with Crippen molar-refractivity contribution < 1.29 is 4.79 Å². The van der Waals surface area contributed by atoms with Crippen LogP contribution in [0.15, 0.2) is 54.6 Å². The van der Waals surface area contributed by atoms with Gasteiger partial charge in [0.1, 0.15) is 5.66 Å². The lowest BCUT2D eigenvalue weighted by Gasteiger charge is -2.49. The highest BCUT2D eigenvalue weighted by atomic mass is 16.2. The van der Waals surface area contributed by atoms with Crippen molar-refractivity contribution in [2.75, 3.05) is 30.4 Å². The number of carbonyl (C=O) groups excluding carboxylic acids is 1. The third kappa shape index (κ3) is 3.44. The van der Waals surface area contributed by atoms with Crippen LogP contribution in [0.1, 0.15) is 42.5 Å². The van der Waals surface area contributed by atoms with Crippen molar-refractivity contribution in [2.24, 2.45) is 0 Å². The number of carbonyl (C=O) groups is 1. The maximum Gasteiger partial charge on any atom is 0.223 e. The third-order valence-corrected chi connectivity index (χ3v) is 6.79. The van der Waals surface area contributed by atoms with Crippen molar-refractivity contribution in [2.45, 2.75) is 45.2 Å². The molecule has 0 spiro atoms. The van der Waals surface area contributed by atoms with E-state index in [1.807, 2.05) is 14.1 Å². The van der Waals surface area contributed by atoms with Gasteiger partial charge in [0.2, 0.25) is 5.91 Å². The van der Waals surface area contributed by atoms with Crippen molar-refractivity contribution in [3.05, 3.63) is 76.9 Å². The fourth-order valence-corrected chi connectivity index (χ4v) is 5.28. The molecule has 1 amide bonds. The molecule has 162 valence electrons. The molecule has 1 unspecified atom stereocenters. The molecule has 4 heteroatoms. The second kappa shape index (κ2) is 7.60. The molecular formula is C27H33N3O. The summed E-state index contributed by atoms with van der Waals surface area (Å²) in [7, 11) is 4.09. The lowest BCUT2D eigenvalue weighted by Crippen LogP contribution is -2.68. The molecule has 1 saturated heterocycles. The molecule has 2 aromatic rings. The highest BCUT2D eigenvalue weighted by Crippen LogP contribution is 2.53. The molecule has 0 aromatic heterocycles. The lowest BCUT2D eigenvalue weighted by atomic mass is 9.73. The molecule has 0 bridgehead atoms. The Morgan fingerprint density at radius 2 is 1.77 bits per heavy atom. The van der Waals surface area contributed by atoms with Crippen LogP contribution in [-0.2, 0) is 10.2 Å². The third-order valence-electron chi connectivity index (χ3n) is 6.79. The molecule has 4 rings (SSSR count). The summed E-state index contributed by atoms with van der Waals surface area (Å²) in [6.07, 6.45) is 8.94. The van der Waals surface area contributed by atoms with Gasteiger partial charge < -0.3 is 15.1 Å². The Labute approximate surface area is 186 Å². The standard InChI is InChI=1S/C27H33N3O/c1-19-17-20(2)25-23(18-19)30-16-14-24(31)28-27(30,26(25,3)4)15-8-7-9-21-10-12-22(13-11-21)29(5)6/h7-13,15,17-18H,14,16H2,1-6H3,(H,28,31). The minimum Gasteiger partial charge on any atom is -0.378 e. The SMILES string of the molecule is Cc1cc(C)c2c(c1)N1CCC(=O)NC1(C=CC=Cc1ccc(N(C)C)cc1)C2(C)C. The first kappa shape index (κ1) is 21.2. The summed E-state index contributed by atoms with van der Waals surface area (Å²) in [6.45, 7) is 9.54. The summed E-state index contributed by atoms with van der Waals surface area (Å²) in [5, 5.41) is 3.36. The van der Waals surface area contributed by atoms with Crippen LogP contribution in [0, 0.1) is 13.8 Å². The van der Waals surface area contributed by atoms with E-state index in [-0.39, 0.29) is 11.3 Å². The summed E-state index contributed by atoms with van der Waals surface area (Å²) in [4.78, 5) is 17.0. The van der Waals surface area contributed by atoms with E-state index in [0.29, 0.717) is 6.42 Å². The maximum absolute atomic E-state index is 12.5. The van der Waals surface area contributed by atoms with E-state index in [9.17, 15) is 4.79 Å². The highest BCUT2D eigenvalue weighted by Gasteiger charge is 2.58. The molecule has 2 aromatic carbocycles. The van der Waals surface area contributed by atoms with Crippen LogP contribution >= 0.6 is 0 Å². The number of nitrogens with zero attached hydrogens (tertiary/aromatic N) is 2. The Bertz CT molecular complexity index is 1060. The van der Waals surface area contributed by atoms with E-state index in [1.54, 1.807) is 0 Å². The molecule has 1 atom stereocenters. The van der Waals surface area contributed by atoms with Crippen LogP contribution < -0.4 is 15.1 Å². The van der Waals surface area contributed by atoms with Gasteiger partial charge in [-0.05, 0) is 60.4 Å². The van der Waals surface area contributed by atoms with Crippen molar-refractivity contribution >= 4 is 23.4 Å². The van der Waals surface area contributed by atoms with E-state index < -0.39 is 5.66 Å². The zero-order valence-electron chi connectivity index (χ0n) is 19.5. The number of benzene rings is 2. The molecule has 31 heavy (non-hydrogen) atoms. The molecule has 0 saturated carbocycles. The van der Waals surface area contributed by atoms with Crippen molar-refractivity contribution in [3.63, 3.8) is 0 Å². The molecule has 2 aliphatic rings. The van der Waals surface area contributed by atoms with Crippen LogP contribution in [0.3, 0.4) is 0 Å². The smallest absolute Gasteiger partial charge is 0.223 e. The van der Waals surface area contributed by atoms with Crippen molar-refractivity contribution in [1.82, 2.24) is 5.32 Å². The van der Waals surface area contributed by atoms with Gasteiger partial charge in [-0.2, -0.15) is 0 Å². The Hall–Kier alpha value is -3.01. The topological polar surface area (TPSA) is 35.6 Å². The Kier molecular flexibility index (Phi) is 5.20. The van der Waals surface area contributed by atoms with Gasteiger partial charge in [-0.3, -0.25) is 4.79 Å². The first-order valence-corrected chi connectivity index (χ1v) is 11.0. The van der Waals surface area contributed by atoms with Gasteiger partial charge in [-0.15, -0.1) is 0 Å². The van der Waals surface area contributed by atoms with Gasteiger partial charge in [-0.1, -0.05) is 50.3 Å². The Morgan fingerprint density at radius 1 is 1.06 bits per heavy atom. The largest absolute Gasteiger partial charge is 0.378 e. The monoisotopic (exact) mass is 415 g/mol. The van der Waals surface area contributed by atoms with Gasteiger partial charge in [0, 0.05) is 43.9 Å². The van der Waals surface area contributed by atoms with Crippen LogP contribution in [-0.4, -0.2) is 32.2 Å². The molecule has 4 nitrogen and oxygen atoms in total. The van der Waals surface area contributed by atoms with Gasteiger partial charge in [-0.25, -0.2) is 0 Å². The number of hydrogen-bond acceptors (Lipinski definition) is 3. The number of nitrogens with one attached hydrogen (secondary N) is 1. The summed E-state index contributed by atoms with van der Waals surface area (Å²) in [6, 6.07) is 13.0. The van der Waals surface area contributed by atoms with E-state index in [0.717, 1.165) is 12.1 Å². The summed E-state index contributed by atoms with van der Waals surface area (Å²) in [5.41, 5.74) is 6.62. The Balaban J connectivity index is 1.69. The fraction of sp³-hybridized carbons (Fsp3) is 0.370. The predicted octanol–water partition coefficient (Wildman–Crippen LogP) is 4.95. The normalized spacial score (nSPS) is 22.0. The van der Waals surface area contributed by atoms with Crippen LogP contribution in [0.2, 0.25) is 0 Å². The molecular weight excluding hydrogens is 382 g/mol. The summed E-state index contributed by atoms with van der Waals surface area (Å²) >= 11 is 0. The number of amides is 1. The fourth-order valence-electron chi connectivity index (χ4n) is 5.28. The zero-order chi connectivity index (χ0) is 22.4. The minimum absolute atomic E-state index is 0.111. The maximum atomic E-state index is 12.5. The average Bonchev–Trinajstić information content (AvgIpc) is 2.89. The number of rotatable bonds is 4. The second-order valence-corrected chi connectivity index (χ2v) is 9.52. The first-order valence-electron chi connectivity index (χ1n) is 11.0. The number of allylic oxidation sites excluding steroid dienone is 2. The highest BCUT2D eigenvalue weighted by molar-refractivity contribution is 5.84. The van der Waals surface area contributed by atoms with E-state index >= 15 is 0 Å². The van der Waals surface area contributed by atoms with Crippen molar-refractivity contribution in [1.29, 1.82) is 0 Å². The summed E-state index contributed by atoms with van der Waals surface area (Å²) < 4.78 is 0. The number of hydrogen-bond donors (Lipinski definition) is 1. The van der Waals surface area contributed by atoms with Gasteiger partial charge in [0.15, 0.2) is 0 Å². The average molecular weight is 416 g/mol. The molecule has 0 aliphatic carbocycles. The van der Waals surface area contributed by atoms with Crippen LogP contribution in [0.4, 0.5) is 11.4 Å². The Morgan fingerprint density at radius 3 is 2.45 bits per heavy atom. The molecule has 0 radical (unpaired) electrons. The van der Waals surface area contributed by atoms with E-state index in [1.165, 1.54) is 28.1 Å². The predicted molar refractivity (Wildman–Crippen MR) is 131 cm³/mol. The molecule has 1 N–H and O–H groups in total. The van der Waals surface area contributed by atoms with E-state index in [2.05, 4.69) is 104 Å². The molecule has 2 heterocycles. The zero-order valence-corrected chi connectivity index (χ0v) is 19.5. The summed E-state index contributed by atoms with van der Waals surface area (Å²) in [5.74, 6) is 0.111. The molecule has 2 aliphatic heterocycles. The number of anilines is 2. The molecule has 1 fully saturated rings. The van der Waals surface area contributed by atoms with Gasteiger partial charge in [0.05, 0.1) is 0 Å². The van der Waals surface area contributed by atoms with E-state index in [4.69, 9.17) is 0 Å². The van der Waals surface area contributed by atoms with Crippen LogP contribution in [0.25, 0.3) is 6.08 Å². The van der Waals surface area contributed by atoms with Crippen molar-refractivity contribution in [3.8, 4) is 0 Å². The second-order valence-electron chi connectivity index (χ2n) is 9.52. The quantitative estimate of drug-likeness (QED) is 0.718. The van der Waals surface area contributed by atoms with Gasteiger partial charge >= 0.3 is 0 Å². The first-order chi connectivity index (χ1) is 14.7.